The number of anilines is 1. The molecule has 1 atom stereocenters. The highest BCUT2D eigenvalue weighted by Crippen LogP contribution is 2.24. The summed E-state index contributed by atoms with van der Waals surface area (Å²) < 4.78 is 4.93. The number of esters is 1. The Morgan fingerprint density at radius 2 is 1.90 bits per heavy atom. The van der Waals surface area contributed by atoms with Crippen LogP contribution in [0.1, 0.15) is 50.3 Å². The zero-order valence-electron chi connectivity index (χ0n) is 17.8. The van der Waals surface area contributed by atoms with Crippen LogP contribution in [0.3, 0.4) is 0 Å². The largest absolute Gasteiger partial charge is 0.466 e. The maximum Gasteiger partial charge on any atom is 0.311 e. The molecular formula is C23H29N3O4S. The number of aromatic nitrogens is 1. The Morgan fingerprint density at radius 1 is 1.16 bits per heavy atom. The summed E-state index contributed by atoms with van der Waals surface area (Å²) in [6, 6.07) is 8.92. The standard InChI is InChI=1S/C23H29N3O4S/c1-2-30-20(27)14-18-15-31-23(24-18)26-22(29)19(13-16-9-5-3-6-10-16)25-21(28)17-11-7-4-8-12-17/h3,5-6,9-10,15,17,19H,2,4,7-8,11-14H2,1H3,(H,25,28)(H,24,26,29)/t19-/m1/s1. The van der Waals surface area contributed by atoms with Crippen molar-refractivity contribution in [2.24, 2.45) is 5.92 Å². The predicted molar refractivity (Wildman–Crippen MR) is 120 cm³/mol. The maximum absolute atomic E-state index is 13.0. The molecule has 2 amide bonds. The van der Waals surface area contributed by atoms with E-state index in [2.05, 4.69) is 15.6 Å². The summed E-state index contributed by atoms with van der Waals surface area (Å²) in [6.45, 7) is 2.06. The molecule has 7 nitrogen and oxygen atoms in total. The van der Waals surface area contributed by atoms with Crippen molar-refractivity contribution in [3.63, 3.8) is 0 Å². The summed E-state index contributed by atoms with van der Waals surface area (Å²) in [7, 11) is 0. The van der Waals surface area contributed by atoms with Crippen LogP contribution < -0.4 is 10.6 Å². The number of carbonyl (C=O) groups is 3. The molecule has 8 heteroatoms. The Hall–Kier alpha value is -2.74. The first-order valence-corrected chi connectivity index (χ1v) is 11.7. The molecule has 3 rings (SSSR count). The number of amides is 2. The number of rotatable bonds is 9. The molecule has 0 saturated heterocycles. The van der Waals surface area contributed by atoms with Gasteiger partial charge < -0.3 is 15.4 Å². The molecule has 0 spiro atoms. The van der Waals surface area contributed by atoms with E-state index in [9.17, 15) is 14.4 Å². The van der Waals surface area contributed by atoms with Crippen LogP contribution in [-0.4, -0.2) is 35.4 Å². The first-order valence-electron chi connectivity index (χ1n) is 10.8. The number of hydrogen-bond donors (Lipinski definition) is 2. The Balaban J connectivity index is 1.66. The third-order valence-corrected chi connectivity index (χ3v) is 6.11. The van der Waals surface area contributed by atoms with E-state index in [1.54, 1.807) is 12.3 Å². The second-order valence-electron chi connectivity index (χ2n) is 7.70. The molecule has 1 aliphatic rings. The molecule has 2 N–H and O–H groups in total. The number of carbonyl (C=O) groups excluding carboxylic acids is 3. The van der Waals surface area contributed by atoms with Crippen LogP contribution in [0.25, 0.3) is 0 Å². The van der Waals surface area contributed by atoms with Gasteiger partial charge in [0.25, 0.3) is 0 Å². The van der Waals surface area contributed by atoms with Crippen LogP contribution in [0.2, 0.25) is 0 Å². The molecule has 31 heavy (non-hydrogen) atoms. The van der Waals surface area contributed by atoms with Gasteiger partial charge in [-0.05, 0) is 25.3 Å². The molecule has 1 aromatic carbocycles. The minimum atomic E-state index is -0.700. The molecule has 0 radical (unpaired) electrons. The second-order valence-corrected chi connectivity index (χ2v) is 8.56. The van der Waals surface area contributed by atoms with E-state index < -0.39 is 6.04 Å². The summed E-state index contributed by atoms with van der Waals surface area (Å²) >= 11 is 1.25. The van der Waals surface area contributed by atoms with Crippen LogP contribution in [0.15, 0.2) is 35.7 Å². The molecule has 166 valence electrons. The smallest absolute Gasteiger partial charge is 0.311 e. The Bertz CT molecular complexity index is 878. The number of ether oxygens (including phenoxy) is 1. The van der Waals surface area contributed by atoms with Gasteiger partial charge in [-0.1, -0.05) is 49.6 Å². The summed E-state index contributed by atoms with van der Waals surface area (Å²) in [5, 5.41) is 7.88. The molecule has 1 fully saturated rings. The molecular weight excluding hydrogens is 414 g/mol. The lowest BCUT2D eigenvalue weighted by Crippen LogP contribution is -2.47. The van der Waals surface area contributed by atoms with Gasteiger partial charge in [0.15, 0.2) is 5.13 Å². The van der Waals surface area contributed by atoms with Crippen molar-refractivity contribution in [2.45, 2.75) is 57.9 Å². The SMILES string of the molecule is CCOC(=O)Cc1csc(NC(=O)[C@@H](Cc2ccccc2)NC(=O)C2CCCCC2)n1. The number of nitrogens with one attached hydrogen (secondary N) is 2. The normalized spacial score (nSPS) is 15.1. The van der Waals surface area contributed by atoms with Gasteiger partial charge in [-0.3, -0.25) is 14.4 Å². The molecule has 0 bridgehead atoms. The topological polar surface area (TPSA) is 97.4 Å². The fraction of sp³-hybridized carbons (Fsp3) is 0.478. The van der Waals surface area contributed by atoms with Gasteiger partial charge in [-0.2, -0.15) is 0 Å². The second kappa shape index (κ2) is 11.6. The average molecular weight is 444 g/mol. The van der Waals surface area contributed by atoms with Crippen LogP contribution in [0, 0.1) is 5.92 Å². The minimum Gasteiger partial charge on any atom is -0.466 e. The van der Waals surface area contributed by atoms with Crippen molar-refractivity contribution in [1.82, 2.24) is 10.3 Å². The molecule has 1 aliphatic carbocycles. The lowest BCUT2D eigenvalue weighted by molar-refractivity contribution is -0.142. The first kappa shape index (κ1) is 22.9. The number of nitrogens with zero attached hydrogens (tertiary/aromatic N) is 1. The van der Waals surface area contributed by atoms with Gasteiger partial charge in [0.1, 0.15) is 6.04 Å². The molecule has 2 aromatic rings. The molecule has 0 aliphatic heterocycles. The zero-order chi connectivity index (χ0) is 22.1. The first-order chi connectivity index (χ1) is 15.0. The Labute approximate surface area is 186 Å². The summed E-state index contributed by atoms with van der Waals surface area (Å²) in [5.41, 5.74) is 1.51. The Morgan fingerprint density at radius 3 is 2.61 bits per heavy atom. The average Bonchev–Trinajstić information content (AvgIpc) is 3.21. The van der Waals surface area contributed by atoms with Crippen LogP contribution in [0.4, 0.5) is 5.13 Å². The van der Waals surface area contributed by atoms with E-state index >= 15 is 0 Å². The molecule has 0 unspecified atom stereocenters. The van der Waals surface area contributed by atoms with Crippen LogP contribution >= 0.6 is 11.3 Å². The Kier molecular flexibility index (Phi) is 8.58. The van der Waals surface area contributed by atoms with E-state index in [0.717, 1.165) is 37.7 Å². The van der Waals surface area contributed by atoms with Crippen molar-refractivity contribution in [2.75, 3.05) is 11.9 Å². The van der Waals surface area contributed by atoms with E-state index in [-0.39, 0.29) is 30.1 Å². The third kappa shape index (κ3) is 7.17. The van der Waals surface area contributed by atoms with Crippen molar-refractivity contribution >= 4 is 34.3 Å². The van der Waals surface area contributed by atoms with Crippen LogP contribution in [-0.2, 0) is 32.0 Å². The maximum atomic E-state index is 13.0. The lowest BCUT2D eigenvalue weighted by atomic mass is 9.88. The third-order valence-electron chi connectivity index (χ3n) is 5.30. The zero-order valence-corrected chi connectivity index (χ0v) is 18.6. The van der Waals surface area contributed by atoms with E-state index in [1.165, 1.54) is 11.3 Å². The highest BCUT2D eigenvalue weighted by molar-refractivity contribution is 7.13. The van der Waals surface area contributed by atoms with Gasteiger partial charge in [-0.25, -0.2) is 4.98 Å². The molecule has 1 heterocycles. The van der Waals surface area contributed by atoms with Gasteiger partial charge in [0.2, 0.25) is 11.8 Å². The van der Waals surface area contributed by atoms with E-state index in [4.69, 9.17) is 4.74 Å². The van der Waals surface area contributed by atoms with Crippen LogP contribution in [0.5, 0.6) is 0 Å². The highest BCUT2D eigenvalue weighted by atomic mass is 32.1. The van der Waals surface area contributed by atoms with Crippen molar-refractivity contribution in [3.8, 4) is 0 Å². The van der Waals surface area contributed by atoms with Gasteiger partial charge in [0.05, 0.1) is 18.7 Å². The predicted octanol–water partition coefficient (Wildman–Crippen LogP) is 3.50. The van der Waals surface area contributed by atoms with E-state index in [1.807, 2.05) is 30.3 Å². The quantitative estimate of drug-likeness (QED) is 0.578. The monoisotopic (exact) mass is 443 g/mol. The van der Waals surface area contributed by atoms with E-state index in [0.29, 0.717) is 23.9 Å². The lowest BCUT2D eigenvalue weighted by Gasteiger charge is -2.24. The fourth-order valence-electron chi connectivity index (χ4n) is 3.71. The summed E-state index contributed by atoms with van der Waals surface area (Å²) in [5.74, 6) is -0.758. The number of thiazole rings is 1. The number of hydrogen-bond acceptors (Lipinski definition) is 6. The fourth-order valence-corrected chi connectivity index (χ4v) is 4.42. The van der Waals surface area contributed by atoms with Crippen molar-refractivity contribution < 1.29 is 19.1 Å². The highest BCUT2D eigenvalue weighted by Gasteiger charge is 2.27. The molecule has 1 aromatic heterocycles. The van der Waals surface area contributed by atoms with Gasteiger partial charge >= 0.3 is 5.97 Å². The summed E-state index contributed by atoms with van der Waals surface area (Å²) in [4.78, 5) is 41.7. The van der Waals surface area contributed by atoms with Crippen molar-refractivity contribution in [1.29, 1.82) is 0 Å². The van der Waals surface area contributed by atoms with Gasteiger partial charge in [-0.15, -0.1) is 11.3 Å². The minimum absolute atomic E-state index is 0.0316. The summed E-state index contributed by atoms with van der Waals surface area (Å²) in [6.07, 6.45) is 5.46. The van der Waals surface area contributed by atoms with Crippen molar-refractivity contribution in [3.05, 3.63) is 47.0 Å². The molecule has 1 saturated carbocycles. The van der Waals surface area contributed by atoms with Gasteiger partial charge in [0, 0.05) is 17.7 Å². The number of benzene rings is 1.